The van der Waals surface area contributed by atoms with E-state index in [1.165, 1.54) is 23.5 Å². The topological polar surface area (TPSA) is 42.3 Å². The quantitative estimate of drug-likeness (QED) is 0.567. The maximum atomic E-state index is 13.2. The third kappa shape index (κ3) is 3.59. The summed E-state index contributed by atoms with van der Waals surface area (Å²) in [5.41, 5.74) is 0.332. The summed E-state index contributed by atoms with van der Waals surface area (Å²) in [4.78, 5) is 28.6. The van der Waals surface area contributed by atoms with Crippen LogP contribution in [0.2, 0.25) is 0 Å². The fraction of sp³-hybridized carbons (Fsp3) is 0.304. The predicted octanol–water partition coefficient (Wildman–Crippen LogP) is 4.86. The van der Waals surface area contributed by atoms with Gasteiger partial charge in [-0.25, -0.2) is 0 Å². The van der Waals surface area contributed by atoms with Gasteiger partial charge >= 0.3 is 6.18 Å². The Kier molecular flexibility index (Phi) is 4.77. The average Bonchev–Trinajstić information content (AvgIpc) is 3.28. The van der Waals surface area contributed by atoms with Crippen LogP contribution >= 0.6 is 11.3 Å². The van der Waals surface area contributed by atoms with Crippen molar-refractivity contribution in [1.82, 2.24) is 9.47 Å². The smallest absolute Gasteiger partial charge is 0.337 e. The van der Waals surface area contributed by atoms with Crippen molar-refractivity contribution in [1.29, 1.82) is 0 Å². The molecule has 2 bridgehead atoms. The highest BCUT2D eigenvalue weighted by atomic mass is 32.1. The van der Waals surface area contributed by atoms with E-state index in [2.05, 4.69) is 0 Å². The van der Waals surface area contributed by atoms with Crippen molar-refractivity contribution in [2.45, 2.75) is 25.1 Å². The summed E-state index contributed by atoms with van der Waals surface area (Å²) in [7, 11) is 0. The molecule has 4 heterocycles. The van der Waals surface area contributed by atoms with Gasteiger partial charge in [0.2, 0.25) is 0 Å². The molecule has 0 saturated carbocycles. The molecule has 1 aromatic carbocycles. The molecule has 2 atom stereocenters. The number of nitrogens with zero attached hydrogens (tertiary/aromatic N) is 2. The molecule has 160 valence electrons. The second-order valence-corrected chi connectivity index (χ2v) is 9.10. The second kappa shape index (κ2) is 7.37. The molecular formula is C23H19F3N2O2S. The molecule has 8 heteroatoms. The first-order chi connectivity index (χ1) is 14.8. The normalized spacial score (nSPS) is 20.4. The predicted molar refractivity (Wildman–Crippen MR) is 112 cm³/mol. The Balaban J connectivity index is 1.48. The molecule has 3 aromatic rings. The summed E-state index contributed by atoms with van der Waals surface area (Å²) in [6.07, 6.45) is -3.56. The third-order valence-corrected chi connectivity index (χ3v) is 6.98. The van der Waals surface area contributed by atoms with E-state index < -0.39 is 11.7 Å². The Morgan fingerprint density at radius 3 is 2.61 bits per heavy atom. The minimum Gasteiger partial charge on any atom is -0.337 e. The SMILES string of the molecule is O=C(c1cccs1)N1CC2CC(C1)c1ccc(-c3cccc(C(F)(F)F)c3)c(=O)n1C2. The highest BCUT2D eigenvalue weighted by Gasteiger charge is 2.37. The van der Waals surface area contributed by atoms with Gasteiger partial charge in [0.25, 0.3) is 11.5 Å². The van der Waals surface area contributed by atoms with Gasteiger partial charge in [-0.15, -0.1) is 11.3 Å². The molecule has 4 nitrogen and oxygen atoms in total. The Morgan fingerprint density at radius 1 is 1.03 bits per heavy atom. The highest BCUT2D eigenvalue weighted by molar-refractivity contribution is 7.12. The summed E-state index contributed by atoms with van der Waals surface area (Å²) in [5, 5.41) is 1.88. The summed E-state index contributed by atoms with van der Waals surface area (Å²) in [5.74, 6) is 0.199. The van der Waals surface area contributed by atoms with Gasteiger partial charge in [-0.1, -0.05) is 18.2 Å². The van der Waals surface area contributed by atoms with Gasteiger partial charge in [-0.2, -0.15) is 13.2 Å². The number of halogens is 3. The van der Waals surface area contributed by atoms with Crippen LogP contribution in [0.1, 0.15) is 33.3 Å². The number of thiophene rings is 1. The maximum Gasteiger partial charge on any atom is 0.416 e. The number of piperidine rings is 1. The van der Waals surface area contributed by atoms with Crippen LogP contribution in [0, 0.1) is 5.92 Å². The van der Waals surface area contributed by atoms with E-state index in [1.54, 1.807) is 10.6 Å². The highest BCUT2D eigenvalue weighted by Crippen LogP contribution is 2.37. The Bertz CT molecular complexity index is 1200. The number of hydrogen-bond donors (Lipinski definition) is 0. The fourth-order valence-corrected chi connectivity index (χ4v) is 5.44. The number of carbonyl (C=O) groups excluding carboxylic acids is 1. The molecule has 5 rings (SSSR count). The number of rotatable bonds is 2. The lowest BCUT2D eigenvalue weighted by Crippen LogP contribution is -2.49. The molecule has 0 aliphatic carbocycles. The van der Waals surface area contributed by atoms with E-state index in [9.17, 15) is 22.8 Å². The van der Waals surface area contributed by atoms with Crippen molar-refractivity contribution in [3.05, 3.63) is 80.4 Å². The van der Waals surface area contributed by atoms with Crippen molar-refractivity contribution in [2.24, 2.45) is 5.92 Å². The number of likely N-dealkylation sites (tertiary alicyclic amines) is 1. The Hall–Kier alpha value is -2.87. The largest absolute Gasteiger partial charge is 0.416 e. The van der Waals surface area contributed by atoms with Crippen LogP contribution in [-0.4, -0.2) is 28.5 Å². The van der Waals surface area contributed by atoms with Crippen LogP contribution in [0.4, 0.5) is 13.2 Å². The van der Waals surface area contributed by atoms with Crippen LogP contribution in [-0.2, 0) is 12.7 Å². The Labute approximate surface area is 180 Å². The van der Waals surface area contributed by atoms with Gasteiger partial charge < -0.3 is 9.47 Å². The number of fused-ring (bicyclic) bond motifs is 4. The summed E-state index contributed by atoms with van der Waals surface area (Å²) < 4.78 is 41.0. The number of pyridine rings is 1. The van der Waals surface area contributed by atoms with E-state index in [4.69, 9.17) is 0 Å². The number of alkyl halides is 3. The van der Waals surface area contributed by atoms with Crippen molar-refractivity contribution < 1.29 is 18.0 Å². The first-order valence-electron chi connectivity index (χ1n) is 10.1. The molecule has 0 radical (unpaired) electrons. The molecule has 2 aliphatic heterocycles. The van der Waals surface area contributed by atoms with E-state index >= 15 is 0 Å². The van der Waals surface area contributed by atoms with Gasteiger partial charge in [0.1, 0.15) is 0 Å². The second-order valence-electron chi connectivity index (χ2n) is 8.15. The number of carbonyl (C=O) groups is 1. The average molecular weight is 444 g/mol. The third-order valence-electron chi connectivity index (χ3n) is 6.12. The lowest BCUT2D eigenvalue weighted by molar-refractivity contribution is -0.137. The van der Waals surface area contributed by atoms with Crippen molar-refractivity contribution in [3.8, 4) is 11.1 Å². The van der Waals surface area contributed by atoms with Gasteiger partial charge in [-0.05, 0) is 53.6 Å². The van der Waals surface area contributed by atoms with Crippen LogP contribution < -0.4 is 5.56 Å². The molecule has 2 unspecified atom stereocenters. The molecule has 2 aliphatic rings. The lowest BCUT2D eigenvalue weighted by atomic mass is 9.82. The summed E-state index contributed by atoms with van der Waals surface area (Å²) >= 11 is 1.42. The van der Waals surface area contributed by atoms with Gasteiger partial charge in [0, 0.05) is 36.8 Å². The van der Waals surface area contributed by atoms with Gasteiger partial charge in [0.15, 0.2) is 0 Å². The standard InChI is InChI=1S/C23H19F3N2O2S/c24-23(25,26)17-4-1-3-15(10-17)18-6-7-19-16-9-14(12-28(19)21(18)29)11-27(13-16)22(30)20-5-2-8-31-20/h1-8,10,14,16H,9,11-13H2. The first-order valence-corrected chi connectivity index (χ1v) is 10.9. The molecule has 2 aromatic heterocycles. The Morgan fingerprint density at radius 2 is 1.87 bits per heavy atom. The van der Waals surface area contributed by atoms with Crippen LogP contribution in [0.25, 0.3) is 11.1 Å². The number of hydrogen-bond acceptors (Lipinski definition) is 3. The van der Waals surface area contributed by atoms with Crippen LogP contribution in [0.3, 0.4) is 0 Å². The van der Waals surface area contributed by atoms with Crippen molar-refractivity contribution in [2.75, 3.05) is 13.1 Å². The van der Waals surface area contributed by atoms with Crippen molar-refractivity contribution in [3.63, 3.8) is 0 Å². The van der Waals surface area contributed by atoms with Crippen LogP contribution in [0.15, 0.2) is 58.7 Å². The molecule has 0 spiro atoms. The first kappa shape index (κ1) is 20.1. The lowest BCUT2D eigenvalue weighted by Gasteiger charge is -2.42. The van der Waals surface area contributed by atoms with Crippen LogP contribution in [0.5, 0.6) is 0 Å². The fourth-order valence-electron chi connectivity index (χ4n) is 4.75. The van der Waals surface area contributed by atoms with Crippen molar-refractivity contribution >= 4 is 17.2 Å². The maximum absolute atomic E-state index is 13.2. The number of amides is 1. The molecule has 0 N–H and O–H groups in total. The number of aromatic nitrogens is 1. The summed E-state index contributed by atoms with van der Waals surface area (Å²) in [6.45, 7) is 1.58. The zero-order valence-electron chi connectivity index (χ0n) is 16.4. The van der Waals surface area contributed by atoms with E-state index in [0.29, 0.717) is 24.5 Å². The molecule has 1 fully saturated rings. The van der Waals surface area contributed by atoms with Gasteiger partial charge in [0.05, 0.1) is 10.4 Å². The molecule has 1 saturated heterocycles. The zero-order chi connectivity index (χ0) is 21.8. The van der Waals surface area contributed by atoms with E-state index in [1.807, 2.05) is 28.5 Å². The minimum absolute atomic E-state index is 0.0149. The van der Waals surface area contributed by atoms with E-state index in [0.717, 1.165) is 24.2 Å². The molecule has 31 heavy (non-hydrogen) atoms. The zero-order valence-corrected chi connectivity index (χ0v) is 17.2. The number of benzene rings is 1. The summed E-state index contributed by atoms with van der Waals surface area (Å²) in [6, 6.07) is 12.0. The molecular weight excluding hydrogens is 425 g/mol. The van der Waals surface area contributed by atoms with E-state index in [-0.39, 0.29) is 34.4 Å². The molecule has 1 amide bonds. The monoisotopic (exact) mass is 444 g/mol. The van der Waals surface area contributed by atoms with Gasteiger partial charge in [-0.3, -0.25) is 9.59 Å². The minimum atomic E-state index is -4.46.